The second kappa shape index (κ2) is 12.0. The Balaban J connectivity index is 0. The van der Waals surface area contributed by atoms with Crippen molar-refractivity contribution in [2.45, 2.75) is 51.9 Å². The summed E-state index contributed by atoms with van der Waals surface area (Å²) >= 11 is 0. The molecule has 0 saturated carbocycles. The predicted molar refractivity (Wildman–Crippen MR) is 54.2 cm³/mol. The molecule has 1 N–H and O–H groups in total. The molecule has 0 fully saturated rings. The summed E-state index contributed by atoms with van der Waals surface area (Å²) in [6, 6.07) is 0. The van der Waals surface area contributed by atoms with E-state index in [0.29, 0.717) is 6.42 Å². The Morgan fingerprint density at radius 2 is 1.58 bits per heavy atom. The Bertz CT molecular complexity index is 105. The first-order valence-corrected chi connectivity index (χ1v) is 4.49. The van der Waals surface area contributed by atoms with E-state index in [1.807, 2.05) is 0 Å². The minimum absolute atomic E-state index is 0. The van der Waals surface area contributed by atoms with Gasteiger partial charge in [-0.15, -0.1) is 0 Å². The maximum absolute atomic E-state index is 10.1. The average molecular weight is 248 g/mol. The summed E-state index contributed by atoms with van der Waals surface area (Å²) in [6.45, 7) is 2.18. The van der Waals surface area contributed by atoms with Crippen LogP contribution in [0.2, 0.25) is 0 Å². The summed E-state index contributed by atoms with van der Waals surface area (Å²) in [7, 11) is 0. The van der Waals surface area contributed by atoms with Crippen molar-refractivity contribution < 1.29 is 9.90 Å². The van der Waals surface area contributed by atoms with Crippen LogP contribution in [-0.2, 0) is 4.79 Å². The number of unbranched alkanes of at least 4 members (excludes halogenated alkanes) is 5. The molecule has 0 radical (unpaired) electrons. The third kappa shape index (κ3) is 13.5. The van der Waals surface area contributed by atoms with E-state index in [2.05, 4.69) is 6.92 Å². The van der Waals surface area contributed by atoms with Gasteiger partial charge in [-0.3, -0.25) is 4.79 Å². The molecule has 0 aliphatic heterocycles. The quantitative estimate of drug-likeness (QED) is 0.551. The molecule has 3 heteroatoms. The second-order valence-corrected chi connectivity index (χ2v) is 2.91. The van der Waals surface area contributed by atoms with Crippen molar-refractivity contribution in [1.82, 2.24) is 0 Å². The molecule has 0 saturated heterocycles. The van der Waals surface area contributed by atoms with E-state index in [0.717, 1.165) is 12.8 Å². The average Bonchev–Trinajstić information content (AvgIpc) is 1.96. The molecule has 0 aliphatic rings. The first-order chi connectivity index (χ1) is 5.27. The second-order valence-electron chi connectivity index (χ2n) is 2.91. The fourth-order valence-electron chi connectivity index (χ4n) is 1.06. The first kappa shape index (κ1) is 15.4. The fourth-order valence-corrected chi connectivity index (χ4v) is 1.06. The molecule has 0 bridgehead atoms. The number of aliphatic carboxylic acids is 1. The normalized spacial score (nSPS) is 9.08. The van der Waals surface area contributed by atoms with Gasteiger partial charge in [0.15, 0.2) is 0 Å². The van der Waals surface area contributed by atoms with Crippen LogP contribution in [0.25, 0.3) is 0 Å². The molecule has 12 heavy (non-hydrogen) atoms. The topological polar surface area (TPSA) is 37.3 Å². The standard InChI is InChI=1S/C9H18O2.Sr.2H/c1-2-3-4-5-6-7-8-9(10)11;;;/h2-8H2,1H3,(H,10,11);;;. The van der Waals surface area contributed by atoms with Crippen LogP contribution in [0.1, 0.15) is 51.9 Å². The maximum atomic E-state index is 10.1. The van der Waals surface area contributed by atoms with Crippen LogP contribution >= 0.6 is 0 Å². The zero-order chi connectivity index (χ0) is 8.53. The van der Waals surface area contributed by atoms with E-state index in [4.69, 9.17) is 5.11 Å². The minimum atomic E-state index is -0.666. The van der Waals surface area contributed by atoms with E-state index in [1.54, 1.807) is 0 Å². The van der Waals surface area contributed by atoms with Crippen molar-refractivity contribution in [2.75, 3.05) is 0 Å². The van der Waals surface area contributed by atoms with Crippen LogP contribution in [0.5, 0.6) is 0 Å². The Hall–Kier alpha value is 0.951. The van der Waals surface area contributed by atoms with Gasteiger partial charge in [0.25, 0.3) is 0 Å². The van der Waals surface area contributed by atoms with E-state index in [-0.39, 0.29) is 45.5 Å². The van der Waals surface area contributed by atoms with Crippen molar-refractivity contribution in [1.29, 1.82) is 0 Å². The Morgan fingerprint density at radius 3 is 2.08 bits per heavy atom. The van der Waals surface area contributed by atoms with Gasteiger partial charge < -0.3 is 5.11 Å². The van der Waals surface area contributed by atoms with Gasteiger partial charge in [0.2, 0.25) is 0 Å². The van der Waals surface area contributed by atoms with Gasteiger partial charge in [0.05, 0.1) is 0 Å². The monoisotopic (exact) mass is 248 g/mol. The van der Waals surface area contributed by atoms with Gasteiger partial charge in [-0.2, -0.15) is 0 Å². The van der Waals surface area contributed by atoms with E-state index in [9.17, 15) is 4.79 Å². The zero-order valence-electron chi connectivity index (χ0n) is 7.31. The van der Waals surface area contributed by atoms with E-state index in [1.165, 1.54) is 25.7 Å². The SMILES string of the molecule is CCCCCCCCC(=O)O.[SrH2]. The summed E-state index contributed by atoms with van der Waals surface area (Å²) in [4.78, 5) is 10.1. The fraction of sp³-hybridized carbons (Fsp3) is 0.889. The summed E-state index contributed by atoms with van der Waals surface area (Å²) in [5.41, 5.74) is 0. The molecule has 70 valence electrons. The van der Waals surface area contributed by atoms with Crippen molar-refractivity contribution in [3.05, 3.63) is 0 Å². The summed E-state index contributed by atoms with van der Waals surface area (Å²) < 4.78 is 0. The van der Waals surface area contributed by atoms with Gasteiger partial charge in [0.1, 0.15) is 0 Å². The van der Waals surface area contributed by atoms with E-state index >= 15 is 0 Å². The molecule has 0 aliphatic carbocycles. The van der Waals surface area contributed by atoms with Gasteiger partial charge in [-0.1, -0.05) is 39.0 Å². The number of hydrogen-bond donors (Lipinski definition) is 1. The molecule has 0 amide bonds. The molecule has 0 aromatic heterocycles. The van der Waals surface area contributed by atoms with Gasteiger partial charge >= 0.3 is 51.5 Å². The number of carboxylic acid groups (broad SMARTS) is 1. The predicted octanol–water partition coefficient (Wildman–Crippen LogP) is 1.91. The number of carbonyl (C=O) groups is 1. The molecule has 0 spiro atoms. The number of rotatable bonds is 7. The molecule has 0 aromatic carbocycles. The molecular weight excluding hydrogens is 228 g/mol. The van der Waals surface area contributed by atoms with Crippen molar-refractivity contribution in [2.24, 2.45) is 0 Å². The van der Waals surface area contributed by atoms with Crippen molar-refractivity contribution in [3.63, 3.8) is 0 Å². The van der Waals surface area contributed by atoms with Gasteiger partial charge in [0, 0.05) is 6.42 Å². The van der Waals surface area contributed by atoms with Crippen LogP contribution < -0.4 is 0 Å². The molecule has 0 rings (SSSR count). The number of hydrogen-bond acceptors (Lipinski definition) is 1. The van der Waals surface area contributed by atoms with Crippen LogP contribution in [0.3, 0.4) is 0 Å². The van der Waals surface area contributed by atoms with Crippen molar-refractivity contribution >= 4 is 51.5 Å². The molecule has 2 nitrogen and oxygen atoms in total. The van der Waals surface area contributed by atoms with Crippen LogP contribution in [-0.4, -0.2) is 56.6 Å². The zero-order valence-corrected chi connectivity index (χ0v) is 7.31. The molecular formula is C9H20O2Sr. The van der Waals surface area contributed by atoms with Crippen LogP contribution in [0, 0.1) is 0 Å². The molecule has 0 unspecified atom stereocenters. The Kier molecular flexibility index (Phi) is 15.4. The summed E-state index contributed by atoms with van der Waals surface area (Å²) in [5, 5.41) is 8.32. The first-order valence-electron chi connectivity index (χ1n) is 4.49. The summed E-state index contributed by atoms with van der Waals surface area (Å²) in [5.74, 6) is -0.666. The van der Waals surface area contributed by atoms with Crippen LogP contribution in [0.15, 0.2) is 0 Å². The van der Waals surface area contributed by atoms with Crippen LogP contribution in [0.4, 0.5) is 0 Å². The van der Waals surface area contributed by atoms with E-state index < -0.39 is 5.97 Å². The molecule has 0 aromatic rings. The third-order valence-electron chi connectivity index (χ3n) is 1.74. The third-order valence-corrected chi connectivity index (χ3v) is 1.74. The van der Waals surface area contributed by atoms with Crippen molar-refractivity contribution in [3.8, 4) is 0 Å². The molecule has 0 atom stereocenters. The van der Waals surface area contributed by atoms with Gasteiger partial charge in [-0.05, 0) is 6.42 Å². The Morgan fingerprint density at radius 1 is 1.08 bits per heavy atom. The number of carboxylic acids is 1. The van der Waals surface area contributed by atoms with Gasteiger partial charge in [-0.25, -0.2) is 0 Å². The Labute approximate surface area is 112 Å². The molecule has 0 heterocycles. The summed E-state index contributed by atoms with van der Waals surface area (Å²) in [6.07, 6.45) is 7.25.